The molecule has 0 saturated carbocycles. The number of benzene rings is 2. The maximum Gasteiger partial charge on any atom is 0.195 e. The van der Waals surface area contributed by atoms with E-state index in [1.54, 1.807) is 30.5 Å². The number of hydrogen-bond donors (Lipinski definition) is 1. The highest BCUT2D eigenvalue weighted by molar-refractivity contribution is 6.16. The number of aromatic nitrogens is 1. The third-order valence-electron chi connectivity index (χ3n) is 3.74. The lowest BCUT2D eigenvalue weighted by Gasteiger charge is -2.06. The van der Waals surface area contributed by atoms with Gasteiger partial charge in [-0.1, -0.05) is 44.2 Å². The van der Waals surface area contributed by atoms with Crippen molar-refractivity contribution in [2.75, 3.05) is 0 Å². The minimum absolute atomic E-state index is 0.165. The molecule has 2 nitrogen and oxygen atoms in total. The molecule has 0 atom stereocenters. The number of carbonyl (C=O) groups excluding carboxylic acids is 1. The van der Waals surface area contributed by atoms with Gasteiger partial charge >= 0.3 is 0 Å². The Balaban J connectivity index is 2.04. The SMILES string of the molecule is CC(C)c1ccc(C(=O)c2c[nH]c3cccc(F)c23)cc1. The first-order valence-electron chi connectivity index (χ1n) is 6.98. The molecule has 21 heavy (non-hydrogen) atoms. The van der Waals surface area contributed by atoms with E-state index in [1.165, 1.54) is 11.6 Å². The molecule has 0 radical (unpaired) electrons. The number of halogens is 1. The van der Waals surface area contributed by atoms with Gasteiger partial charge in [0.05, 0.1) is 5.56 Å². The molecule has 0 fully saturated rings. The maximum absolute atomic E-state index is 14.0. The lowest BCUT2D eigenvalue weighted by molar-refractivity contribution is 0.104. The van der Waals surface area contributed by atoms with Crippen molar-refractivity contribution in [3.63, 3.8) is 0 Å². The summed E-state index contributed by atoms with van der Waals surface area (Å²) in [6, 6.07) is 12.3. The number of ketones is 1. The maximum atomic E-state index is 14.0. The Morgan fingerprint density at radius 3 is 2.48 bits per heavy atom. The summed E-state index contributed by atoms with van der Waals surface area (Å²) in [5.74, 6) is -0.128. The van der Waals surface area contributed by atoms with Gasteiger partial charge in [0.2, 0.25) is 0 Å². The van der Waals surface area contributed by atoms with Gasteiger partial charge in [-0.05, 0) is 23.6 Å². The second-order valence-electron chi connectivity index (χ2n) is 5.47. The van der Waals surface area contributed by atoms with E-state index in [9.17, 15) is 9.18 Å². The van der Waals surface area contributed by atoms with Crippen LogP contribution in [0.2, 0.25) is 0 Å². The Morgan fingerprint density at radius 1 is 1.10 bits per heavy atom. The lowest BCUT2D eigenvalue weighted by Crippen LogP contribution is -2.01. The monoisotopic (exact) mass is 281 g/mol. The van der Waals surface area contributed by atoms with Crippen LogP contribution in [0.4, 0.5) is 4.39 Å². The molecule has 0 aliphatic rings. The largest absolute Gasteiger partial charge is 0.360 e. The van der Waals surface area contributed by atoms with Crippen molar-refractivity contribution in [2.45, 2.75) is 19.8 Å². The quantitative estimate of drug-likeness (QED) is 0.696. The van der Waals surface area contributed by atoms with Crippen LogP contribution in [0.15, 0.2) is 48.7 Å². The molecule has 0 unspecified atom stereocenters. The number of fused-ring (bicyclic) bond motifs is 1. The van der Waals surface area contributed by atoms with Crippen LogP contribution in [0.3, 0.4) is 0 Å². The van der Waals surface area contributed by atoms with Crippen molar-refractivity contribution in [2.24, 2.45) is 0 Å². The fourth-order valence-corrected chi connectivity index (χ4v) is 2.49. The zero-order valence-corrected chi connectivity index (χ0v) is 12.0. The van der Waals surface area contributed by atoms with Gasteiger partial charge < -0.3 is 4.98 Å². The van der Waals surface area contributed by atoms with E-state index >= 15 is 0 Å². The third-order valence-corrected chi connectivity index (χ3v) is 3.74. The van der Waals surface area contributed by atoms with E-state index < -0.39 is 0 Å². The van der Waals surface area contributed by atoms with Crippen LogP contribution in [0.25, 0.3) is 10.9 Å². The smallest absolute Gasteiger partial charge is 0.195 e. The predicted octanol–water partition coefficient (Wildman–Crippen LogP) is 4.66. The second-order valence-corrected chi connectivity index (χ2v) is 5.47. The van der Waals surface area contributed by atoms with Crippen molar-refractivity contribution >= 4 is 16.7 Å². The Hall–Kier alpha value is -2.42. The van der Waals surface area contributed by atoms with Gasteiger partial charge in [0.15, 0.2) is 5.78 Å². The highest BCUT2D eigenvalue weighted by Gasteiger charge is 2.16. The molecule has 0 bridgehead atoms. The molecule has 0 spiro atoms. The summed E-state index contributed by atoms with van der Waals surface area (Å²) in [4.78, 5) is 15.5. The number of hydrogen-bond acceptors (Lipinski definition) is 1. The van der Waals surface area contributed by atoms with Crippen LogP contribution < -0.4 is 0 Å². The standard InChI is InChI=1S/C18H16FNO/c1-11(2)12-6-8-13(9-7-12)18(21)14-10-20-16-5-3-4-15(19)17(14)16/h3-11,20H,1-2H3. The highest BCUT2D eigenvalue weighted by atomic mass is 19.1. The van der Waals surface area contributed by atoms with Gasteiger partial charge in [-0.15, -0.1) is 0 Å². The molecule has 3 rings (SSSR count). The summed E-state index contributed by atoms with van der Waals surface area (Å²) in [5.41, 5.74) is 2.76. The van der Waals surface area contributed by atoms with Gasteiger partial charge in [0, 0.05) is 22.7 Å². The molecule has 0 saturated heterocycles. The number of carbonyl (C=O) groups is 1. The average molecular weight is 281 g/mol. The third kappa shape index (κ3) is 2.35. The Morgan fingerprint density at radius 2 is 1.81 bits per heavy atom. The van der Waals surface area contributed by atoms with E-state index in [1.807, 2.05) is 12.1 Å². The molecule has 2 aromatic carbocycles. The van der Waals surface area contributed by atoms with Crippen LogP contribution in [-0.4, -0.2) is 10.8 Å². The molecule has 0 aliphatic heterocycles. The van der Waals surface area contributed by atoms with Crippen molar-refractivity contribution in [1.29, 1.82) is 0 Å². The minimum atomic E-state index is -0.379. The molecular formula is C18H16FNO. The topological polar surface area (TPSA) is 32.9 Å². The highest BCUT2D eigenvalue weighted by Crippen LogP contribution is 2.24. The van der Waals surface area contributed by atoms with Gasteiger partial charge in [-0.2, -0.15) is 0 Å². The second kappa shape index (κ2) is 5.17. The number of rotatable bonds is 3. The van der Waals surface area contributed by atoms with Crippen LogP contribution in [0, 0.1) is 5.82 Å². The van der Waals surface area contributed by atoms with Crippen LogP contribution in [0.5, 0.6) is 0 Å². The Labute approximate surface area is 122 Å². The Bertz CT molecular complexity index is 800. The van der Waals surface area contributed by atoms with Gasteiger partial charge in [0.25, 0.3) is 0 Å². The minimum Gasteiger partial charge on any atom is -0.360 e. The molecule has 1 N–H and O–H groups in total. The summed E-state index contributed by atoms with van der Waals surface area (Å²) < 4.78 is 14.0. The van der Waals surface area contributed by atoms with E-state index in [4.69, 9.17) is 0 Å². The molecule has 1 heterocycles. The summed E-state index contributed by atoms with van der Waals surface area (Å²) in [6.07, 6.45) is 1.58. The summed E-state index contributed by atoms with van der Waals surface area (Å²) in [5, 5.41) is 0.357. The van der Waals surface area contributed by atoms with E-state index in [-0.39, 0.29) is 11.6 Å². The predicted molar refractivity (Wildman–Crippen MR) is 82.2 cm³/mol. The van der Waals surface area contributed by atoms with E-state index in [0.29, 0.717) is 27.9 Å². The molecular weight excluding hydrogens is 265 g/mol. The summed E-state index contributed by atoms with van der Waals surface area (Å²) in [7, 11) is 0. The van der Waals surface area contributed by atoms with Gasteiger partial charge in [-0.25, -0.2) is 4.39 Å². The molecule has 0 amide bonds. The average Bonchev–Trinajstić information content (AvgIpc) is 2.92. The van der Waals surface area contributed by atoms with Gasteiger partial charge in [0.1, 0.15) is 5.82 Å². The molecule has 0 aliphatic carbocycles. The zero-order valence-electron chi connectivity index (χ0n) is 12.0. The van der Waals surface area contributed by atoms with E-state index in [0.717, 1.165) is 0 Å². The van der Waals surface area contributed by atoms with E-state index in [2.05, 4.69) is 18.8 Å². The first-order chi connectivity index (χ1) is 10.1. The summed E-state index contributed by atoms with van der Waals surface area (Å²) in [6.45, 7) is 4.21. The first kappa shape index (κ1) is 13.6. The fourth-order valence-electron chi connectivity index (χ4n) is 2.49. The van der Waals surface area contributed by atoms with Crippen molar-refractivity contribution in [1.82, 2.24) is 4.98 Å². The van der Waals surface area contributed by atoms with Gasteiger partial charge in [-0.3, -0.25) is 4.79 Å². The number of aromatic amines is 1. The first-order valence-corrected chi connectivity index (χ1v) is 6.98. The molecule has 1 aromatic heterocycles. The van der Waals surface area contributed by atoms with Crippen molar-refractivity contribution < 1.29 is 9.18 Å². The number of H-pyrrole nitrogens is 1. The van der Waals surface area contributed by atoms with Crippen molar-refractivity contribution in [3.8, 4) is 0 Å². The molecule has 3 aromatic rings. The lowest BCUT2D eigenvalue weighted by atomic mass is 9.98. The van der Waals surface area contributed by atoms with Crippen LogP contribution in [-0.2, 0) is 0 Å². The number of nitrogens with one attached hydrogen (secondary N) is 1. The summed E-state index contributed by atoms with van der Waals surface area (Å²) >= 11 is 0. The fraction of sp³-hybridized carbons (Fsp3) is 0.167. The van der Waals surface area contributed by atoms with Crippen LogP contribution in [0.1, 0.15) is 41.3 Å². The normalized spacial score (nSPS) is 11.2. The molecule has 106 valence electrons. The van der Waals surface area contributed by atoms with Crippen LogP contribution >= 0.6 is 0 Å². The molecule has 3 heteroatoms. The zero-order chi connectivity index (χ0) is 15.0. The Kier molecular flexibility index (Phi) is 3.34. The van der Waals surface area contributed by atoms with Crippen molar-refractivity contribution in [3.05, 3.63) is 71.2 Å².